The fourth-order valence-electron chi connectivity index (χ4n) is 3.44. The summed E-state index contributed by atoms with van der Waals surface area (Å²) in [6.07, 6.45) is 1.60. The van der Waals surface area contributed by atoms with Gasteiger partial charge in [0, 0.05) is 5.69 Å². The minimum atomic E-state index is -0.530. The largest absolute Gasteiger partial charge is 0.497 e. The number of nitrogens with one attached hydrogen (secondary N) is 1. The fourth-order valence-corrected chi connectivity index (χ4v) is 4.28. The maximum atomic E-state index is 12.9. The van der Waals surface area contributed by atoms with Gasteiger partial charge < -0.3 is 19.5 Å². The molecule has 0 aliphatic carbocycles. The van der Waals surface area contributed by atoms with Crippen LogP contribution in [0.1, 0.15) is 11.1 Å². The van der Waals surface area contributed by atoms with Gasteiger partial charge in [-0.05, 0) is 65.4 Å². The molecule has 0 aromatic heterocycles. The highest BCUT2D eigenvalue weighted by Crippen LogP contribution is 2.34. The Hall–Kier alpha value is -4.24. The van der Waals surface area contributed by atoms with Crippen LogP contribution in [-0.2, 0) is 16.2 Å². The van der Waals surface area contributed by atoms with E-state index < -0.39 is 17.1 Å². The monoisotopic (exact) mass is 504 g/mol. The van der Waals surface area contributed by atoms with Crippen LogP contribution in [0.5, 0.6) is 17.2 Å². The molecule has 0 saturated carbocycles. The van der Waals surface area contributed by atoms with Gasteiger partial charge in [-0.3, -0.25) is 19.3 Å². The van der Waals surface area contributed by atoms with E-state index in [1.807, 2.05) is 30.3 Å². The lowest BCUT2D eigenvalue weighted by Crippen LogP contribution is -2.36. The highest BCUT2D eigenvalue weighted by molar-refractivity contribution is 8.18. The maximum Gasteiger partial charge on any atom is 0.294 e. The van der Waals surface area contributed by atoms with E-state index in [0.717, 1.165) is 22.2 Å². The van der Waals surface area contributed by atoms with Crippen molar-refractivity contribution >= 4 is 40.6 Å². The summed E-state index contributed by atoms with van der Waals surface area (Å²) in [5.74, 6) is 0.693. The van der Waals surface area contributed by atoms with Crippen molar-refractivity contribution in [1.82, 2.24) is 4.90 Å². The van der Waals surface area contributed by atoms with E-state index in [2.05, 4.69) is 5.32 Å². The number of nitrogens with zero attached hydrogens (tertiary/aromatic N) is 1. The average molecular weight is 505 g/mol. The molecule has 0 bridgehead atoms. The standard InChI is InChI=1S/C27H24N2O6S/c1-33-21-11-9-20(10-12-21)28-25(30)16-29-26(31)24(36-27(29)32)15-19-8-13-22(34-2)23(14-19)35-17-18-6-4-3-5-7-18/h3-15H,16-17H2,1-2H3,(H,28,30)/b24-15+. The van der Waals surface area contributed by atoms with E-state index in [0.29, 0.717) is 35.1 Å². The van der Waals surface area contributed by atoms with Gasteiger partial charge in [0.1, 0.15) is 18.9 Å². The van der Waals surface area contributed by atoms with Crippen molar-refractivity contribution in [3.63, 3.8) is 0 Å². The summed E-state index contributed by atoms with van der Waals surface area (Å²) >= 11 is 0.786. The Morgan fingerprint density at radius 2 is 1.69 bits per heavy atom. The molecular formula is C27H24N2O6S. The molecule has 1 aliphatic rings. The molecule has 9 heteroatoms. The van der Waals surface area contributed by atoms with E-state index in [1.165, 1.54) is 0 Å². The van der Waals surface area contributed by atoms with Gasteiger partial charge in [-0.15, -0.1) is 0 Å². The quantitative estimate of drug-likeness (QED) is 0.412. The summed E-state index contributed by atoms with van der Waals surface area (Å²) in [6.45, 7) is -0.0391. The smallest absolute Gasteiger partial charge is 0.294 e. The lowest BCUT2D eigenvalue weighted by molar-refractivity contribution is -0.127. The van der Waals surface area contributed by atoms with Gasteiger partial charge in [-0.25, -0.2) is 0 Å². The number of hydrogen-bond acceptors (Lipinski definition) is 7. The second-order valence-electron chi connectivity index (χ2n) is 7.73. The van der Waals surface area contributed by atoms with E-state index >= 15 is 0 Å². The molecule has 1 aliphatic heterocycles. The van der Waals surface area contributed by atoms with Crippen molar-refractivity contribution in [3.8, 4) is 17.2 Å². The minimum absolute atomic E-state index is 0.219. The lowest BCUT2D eigenvalue weighted by atomic mass is 10.1. The van der Waals surface area contributed by atoms with Gasteiger partial charge in [0.15, 0.2) is 11.5 Å². The summed E-state index contributed by atoms with van der Waals surface area (Å²) in [5.41, 5.74) is 2.19. The zero-order valence-electron chi connectivity index (χ0n) is 19.7. The topological polar surface area (TPSA) is 94.2 Å². The molecule has 4 rings (SSSR count). The third-order valence-electron chi connectivity index (χ3n) is 5.27. The zero-order chi connectivity index (χ0) is 25.5. The van der Waals surface area contributed by atoms with E-state index in [-0.39, 0.29) is 11.4 Å². The summed E-state index contributed by atoms with van der Waals surface area (Å²) in [7, 11) is 3.10. The summed E-state index contributed by atoms with van der Waals surface area (Å²) in [4.78, 5) is 38.9. The van der Waals surface area contributed by atoms with Gasteiger partial charge in [0.2, 0.25) is 5.91 Å². The van der Waals surface area contributed by atoms with Crippen LogP contribution in [0.2, 0.25) is 0 Å². The Morgan fingerprint density at radius 1 is 0.944 bits per heavy atom. The zero-order valence-corrected chi connectivity index (χ0v) is 20.5. The summed E-state index contributed by atoms with van der Waals surface area (Å²) in [6, 6.07) is 21.7. The number of thioether (sulfide) groups is 1. The number of amides is 3. The second-order valence-corrected chi connectivity index (χ2v) is 8.72. The molecule has 0 unspecified atom stereocenters. The molecule has 0 spiro atoms. The molecular weight excluding hydrogens is 480 g/mol. The normalized spacial score (nSPS) is 14.2. The molecule has 3 aromatic rings. The first kappa shape index (κ1) is 24.9. The molecule has 36 heavy (non-hydrogen) atoms. The Bertz CT molecular complexity index is 1290. The van der Waals surface area contributed by atoms with Crippen molar-refractivity contribution in [2.75, 3.05) is 26.1 Å². The SMILES string of the molecule is COc1ccc(NC(=O)CN2C(=O)S/C(=C/c3ccc(OC)c(OCc4ccccc4)c3)C2=O)cc1. The third-order valence-corrected chi connectivity index (χ3v) is 6.18. The Balaban J connectivity index is 1.43. The average Bonchev–Trinajstić information content (AvgIpc) is 3.15. The number of methoxy groups -OCH3 is 2. The third kappa shape index (κ3) is 6.05. The first-order chi connectivity index (χ1) is 17.5. The molecule has 1 N–H and O–H groups in total. The number of ether oxygens (including phenoxy) is 3. The molecule has 1 saturated heterocycles. The van der Waals surface area contributed by atoms with Crippen molar-refractivity contribution in [1.29, 1.82) is 0 Å². The van der Waals surface area contributed by atoms with Crippen molar-refractivity contribution in [2.24, 2.45) is 0 Å². The van der Waals surface area contributed by atoms with Gasteiger partial charge in [0.25, 0.3) is 11.1 Å². The summed E-state index contributed by atoms with van der Waals surface area (Å²) in [5, 5.41) is 2.16. The predicted octanol–water partition coefficient (Wildman–Crippen LogP) is 4.96. The van der Waals surface area contributed by atoms with Crippen molar-refractivity contribution in [2.45, 2.75) is 6.61 Å². The number of carbonyl (C=O) groups is 3. The predicted molar refractivity (Wildman–Crippen MR) is 138 cm³/mol. The van der Waals surface area contributed by atoms with Crippen LogP contribution >= 0.6 is 11.8 Å². The number of rotatable bonds is 9. The molecule has 0 radical (unpaired) electrons. The van der Waals surface area contributed by atoms with E-state index in [1.54, 1.807) is 62.8 Å². The Morgan fingerprint density at radius 3 is 2.39 bits per heavy atom. The second kappa shape index (κ2) is 11.5. The Labute approximate surface area is 212 Å². The molecule has 1 heterocycles. The molecule has 0 atom stereocenters. The van der Waals surface area contributed by atoms with Crippen LogP contribution in [0, 0.1) is 0 Å². The highest BCUT2D eigenvalue weighted by Gasteiger charge is 2.36. The number of carbonyl (C=O) groups excluding carboxylic acids is 3. The van der Waals surface area contributed by atoms with Gasteiger partial charge >= 0.3 is 0 Å². The molecule has 8 nitrogen and oxygen atoms in total. The molecule has 184 valence electrons. The van der Waals surface area contributed by atoms with Crippen molar-refractivity contribution in [3.05, 3.63) is 88.8 Å². The first-order valence-corrected chi connectivity index (χ1v) is 11.8. The van der Waals surface area contributed by atoms with Crippen LogP contribution in [0.3, 0.4) is 0 Å². The molecule has 3 aromatic carbocycles. The van der Waals surface area contributed by atoms with Crippen LogP contribution in [0.25, 0.3) is 6.08 Å². The summed E-state index contributed by atoms with van der Waals surface area (Å²) < 4.78 is 16.4. The number of imide groups is 1. The van der Waals surface area contributed by atoms with Crippen LogP contribution in [-0.4, -0.2) is 42.7 Å². The van der Waals surface area contributed by atoms with Gasteiger partial charge in [-0.2, -0.15) is 0 Å². The van der Waals surface area contributed by atoms with Crippen molar-refractivity contribution < 1.29 is 28.6 Å². The van der Waals surface area contributed by atoms with Gasteiger partial charge in [-0.1, -0.05) is 36.4 Å². The Kier molecular flexibility index (Phi) is 7.92. The molecule has 3 amide bonds. The van der Waals surface area contributed by atoms with E-state index in [9.17, 15) is 14.4 Å². The van der Waals surface area contributed by atoms with E-state index in [4.69, 9.17) is 14.2 Å². The first-order valence-electron chi connectivity index (χ1n) is 11.0. The minimum Gasteiger partial charge on any atom is -0.497 e. The lowest BCUT2D eigenvalue weighted by Gasteiger charge is -2.13. The van der Waals surface area contributed by atoms with Crippen LogP contribution < -0.4 is 19.5 Å². The number of anilines is 1. The maximum absolute atomic E-state index is 12.9. The number of benzene rings is 3. The van der Waals surface area contributed by atoms with Crippen LogP contribution in [0.15, 0.2) is 77.7 Å². The molecule has 1 fully saturated rings. The number of hydrogen-bond donors (Lipinski definition) is 1. The van der Waals surface area contributed by atoms with Gasteiger partial charge in [0.05, 0.1) is 19.1 Å². The van der Waals surface area contributed by atoms with Crippen LogP contribution in [0.4, 0.5) is 10.5 Å². The highest BCUT2D eigenvalue weighted by atomic mass is 32.2. The fraction of sp³-hybridized carbons (Fsp3) is 0.148.